The summed E-state index contributed by atoms with van der Waals surface area (Å²) in [5.41, 5.74) is -1.26. The number of amides is 1. The summed E-state index contributed by atoms with van der Waals surface area (Å²) in [4.78, 5) is 23.1. The lowest BCUT2D eigenvalue weighted by Crippen LogP contribution is -2.49. The van der Waals surface area contributed by atoms with Gasteiger partial charge in [0.1, 0.15) is 0 Å². The van der Waals surface area contributed by atoms with Gasteiger partial charge in [0.15, 0.2) is 0 Å². The zero-order valence-corrected chi connectivity index (χ0v) is 11.4. The molecule has 18 heavy (non-hydrogen) atoms. The van der Waals surface area contributed by atoms with Gasteiger partial charge >= 0.3 is 5.97 Å². The molecule has 0 atom stereocenters. The Kier molecular flexibility index (Phi) is 4.73. The van der Waals surface area contributed by atoms with Crippen molar-refractivity contribution < 1.29 is 19.4 Å². The Morgan fingerprint density at radius 2 is 2.00 bits per heavy atom. The number of aliphatic carboxylic acids is 1. The van der Waals surface area contributed by atoms with Crippen LogP contribution in [0.2, 0.25) is 0 Å². The zero-order valence-electron chi connectivity index (χ0n) is 11.4. The molecule has 104 valence electrons. The molecule has 1 rings (SSSR count). The van der Waals surface area contributed by atoms with Crippen LogP contribution in [0.25, 0.3) is 0 Å². The first-order chi connectivity index (χ1) is 8.34. The van der Waals surface area contributed by atoms with Crippen LogP contribution < -0.4 is 5.32 Å². The van der Waals surface area contributed by atoms with E-state index in [-0.39, 0.29) is 17.9 Å². The molecular formula is C13H23NO4. The minimum absolute atomic E-state index is 0.0277. The fraction of sp³-hybridized carbons (Fsp3) is 0.846. The smallest absolute Gasteiger partial charge is 0.310 e. The van der Waals surface area contributed by atoms with Gasteiger partial charge in [0, 0.05) is 20.3 Å². The Hall–Kier alpha value is -1.10. The van der Waals surface area contributed by atoms with Crippen molar-refractivity contribution in [1.82, 2.24) is 5.32 Å². The molecule has 0 spiro atoms. The van der Waals surface area contributed by atoms with E-state index >= 15 is 0 Å². The first-order valence-electron chi connectivity index (χ1n) is 6.35. The number of carboxylic acids is 1. The van der Waals surface area contributed by atoms with Gasteiger partial charge < -0.3 is 15.2 Å². The number of nitrogens with one attached hydrogen (secondary N) is 1. The van der Waals surface area contributed by atoms with Crippen molar-refractivity contribution in [1.29, 1.82) is 0 Å². The Balaban J connectivity index is 2.51. The zero-order chi connectivity index (χ0) is 13.8. The highest BCUT2D eigenvalue weighted by molar-refractivity contribution is 5.84. The van der Waals surface area contributed by atoms with E-state index in [9.17, 15) is 9.59 Å². The molecule has 0 aromatic heterocycles. The predicted molar refractivity (Wildman–Crippen MR) is 67.2 cm³/mol. The van der Waals surface area contributed by atoms with Crippen molar-refractivity contribution in [3.05, 3.63) is 0 Å². The highest BCUT2D eigenvalue weighted by Crippen LogP contribution is 2.44. The van der Waals surface area contributed by atoms with Crippen LogP contribution in [-0.4, -0.2) is 37.2 Å². The van der Waals surface area contributed by atoms with Gasteiger partial charge in [0.05, 0.1) is 10.8 Å². The van der Waals surface area contributed by atoms with Crippen LogP contribution in [0, 0.1) is 10.8 Å². The first kappa shape index (κ1) is 15.0. The second kappa shape index (κ2) is 5.69. The van der Waals surface area contributed by atoms with Crippen molar-refractivity contribution in [3.8, 4) is 0 Å². The summed E-state index contributed by atoms with van der Waals surface area (Å²) in [6.45, 7) is 3.95. The number of carboxylic acid groups (broad SMARTS) is 1. The third-order valence-electron chi connectivity index (χ3n) is 3.85. The fourth-order valence-electron chi connectivity index (χ4n) is 2.06. The molecule has 1 fully saturated rings. The maximum absolute atomic E-state index is 12.2. The third kappa shape index (κ3) is 3.22. The number of carbonyl (C=O) groups is 2. The Bertz CT molecular complexity index is 321. The maximum Gasteiger partial charge on any atom is 0.310 e. The van der Waals surface area contributed by atoms with E-state index in [1.165, 1.54) is 0 Å². The van der Waals surface area contributed by atoms with Crippen LogP contribution in [0.5, 0.6) is 0 Å². The molecule has 2 N–H and O–H groups in total. The van der Waals surface area contributed by atoms with E-state index in [0.29, 0.717) is 13.0 Å². The highest BCUT2D eigenvalue weighted by atomic mass is 16.5. The van der Waals surface area contributed by atoms with Crippen molar-refractivity contribution in [2.45, 2.75) is 39.5 Å². The molecule has 5 nitrogen and oxygen atoms in total. The second-order valence-electron chi connectivity index (χ2n) is 5.75. The fourth-order valence-corrected chi connectivity index (χ4v) is 2.06. The lowest BCUT2D eigenvalue weighted by molar-refractivity contribution is -0.147. The minimum Gasteiger partial charge on any atom is -0.481 e. The SMILES string of the molecule is COCCC1(C(=O)NCC(C)(C)C(=O)O)CCC1. The first-order valence-corrected chi connectivity index (χ1v) is 6.35. The van der Waals surface area contributed by atoms with Gasteiger partial charge in [-0.1, -0.05) is 6.42 Å². The maximum atomic E-state index is 12.2. The number of rotatable bonds is 7. The number of methoxy groups -OCH3 is 1. The molecule has 0 saturated heterocycles. The lowest BCUT2D eigenvalue weighted by atomic mass is 9.66. The topological polar surface area (TPSA) is 75.6 Å². The summed E-state index contributed by atoms with van der Waals surface area (Å²) in [6, 6.07) is 0. The molecule has 0 bridgehead atoms. The number of ether oxygens (including phenoxy) is 1. The van der Waals surface area contributed by atoms with Gasteiger partial charge in [0.25, 0.3) is 0 Å². The van der Waals surface area contributed by atoms with E-state index in [2.05, 4.69) is 5.32 Å². The standard InChI is InChI=1S/C13H23NO4/c1-12(2,11(16)17)9-14-10(15)13(5-4-6-13)7-8-18-3/h4-9H2,1-3H3,(H,14,15)(H,16,17). The van der Waals surface area contributed by atoms with Crippen LogP contribution in [0.3, 0.4) is 0 Å². The molecule has 0 aliphatic heterocycles. The normalized spacial score (nSPS) is 17.9. The third-order valence-corrected chi connectivity index (χ3v) is 3.85. The Morgan fingerprint density at radius 1 is 1.39 bits per heavy atom. The summed E-state index contributed by atoms with van der Waals surface area (Å²) in [5, 5.41) is 11.8. The summed E-state index contributed by atoms with van der Waals surface area (Å²) >= 11 is 0. The molecular weight excluding hydrogens is 234 g/mol. The molecule has 1 aliphatic carbocycles. The molecule has 1 amide bonds. The summed E-state index contributed by atoms with van der Waals surface area (Å²) in [6.07, 6.45) is 3.51. The predicted octanol–water partition coefficient (Wildman–Crippen LogP) is 1.42. The van der Waals surface area contributed by atoms with E-state index in [0.717, 1.165) is 19.3 Å². The van der Waals surface area contributed by atoms with Gasteiger partial charge in [-0.15, -0.1) is 0 Å². The molecule has 0 unspecified atom stereocenters. The van der Waals surface area contributed by atoms with Crippen molar-refractivity contribution in [2.24, 2.45) is 10.8 Å². The summed E-state index contributed by atoms with van der Waals surface area (Å²) in [7, 11) is 1.62. The van der Waals surface area contributed by atoms with Gasteiger partial charge in [-0.25, -0.2) is 0 Å². The quantitative estimate of drug-likeness (QED) is 0.723. The molecule has 1 saturated carbocycles. The van der Waals surface area contributed by atoms with Gasteiger partial charge in [0.2, 0.25) is 5.91 Å². The second-order valence-corrected chi connectivity index (χ2v) is 5.75. The van der Waals surface area contributed by atoms with Crippen LogP contribution in [0.15, 0.2) is 0 Å². The lowest BCUT2D eigenvalue weighted by Gasteiger charge is -2.40. The van der Waals surface area contributed by atoms with Crippen molar-refractivity contribution in [3.63, 3.8) is 0 Å². The number of hydrogen-bond acceptors (Lipinski definition) is 3. The molecule has 5 heteroatoms. The number of hydrogen-bond donors (Lipinski definition) is 2. The summed E-state index contributed by atoms with van der Waals surface area (Å²) < 4.78 is 5.03. The van der Waals surface area contributed by atoms with E-state index < -0.39 is 11.4 Å². The van der Waals surface area contributed by atoms with Crippen molar-refractivity contribution >= 4 is 11.9 Å². The van der Waals surface area contributed by atoms with Crippen LogP contribution in [-0.2, 0) is 14.3 Å². The minimum atomic E-state index is -0.929. The molecule has 0 heterocycles. The van der Waals surface area contributed by atoms with Gasteiger partial charge in [-0.05, 0) is 33.1 Å². The van der Waals surface area contributed by atoms with Gasteiger partial charge in [-0.2, -0.15) is 0 Å². The highest BCUT2D eigenvalue weighted by Gasteiger charge is 2.44. The Morgan fingerprint density at radius 3 is 2.39 bits per heavy atom. The number of carbonyl (C=O) groups excluding carboxylic acids is 1. The average molecular weight is 257 g/mol. The average Bonchev–Trinajstić information content (AvgIpc) is 2.25. The van der Waals surface area contributed by atoms with Crippen LogP contribution >= 0.6 is 0 Å². The van der Waals surface area contributed by atoms with Gasteiger partial charge in [-0.3, -0.25) is 9.59 Å². The van der Waals surface area contributed by atoms with E-state index in [1.54, 1.807) is 21.0 Å². The monoisotopic (exact) mass is 257 g/mol. The molecule has 1 aliphatic rings. The van der Waals surface area contributed by atoms with E-state index in [4.69, 9.17) is 9.84 Å². The molecule has 0 aromatic rings. The largest absolute Gasteiger partial charge is 0.481 e. The molecule has 0 radical (unpaired) electrons. The van der Waals surface area contributed by atoms with Crippen LogP contribution in [0.1, 0.15) is 39.5 Å². The van der Waals surface area contributed by atoms with Crippen LogP contribution in [0.4, 0.5) is 0 Å². The summed E-state index contributed by atoms with van der Waals surface area (Å²) in [5.74, 6) is -0.928. The Labute approximate surface area is 108 Å². The van der Waals surface area contributed by atoms with E-state index in [1.807, 2.05) is 0 Å². The van der Waals surface area contributed by atoms with Crippen molar-refractivity contribution in [2.75, 3.05) is 20.3 Å². The molecule has 0 aromatic carbocycles.